The number of ether oxygens (including phenoxy) is 1. The normalized spacial score (nSPS) is 11.4. The zero-order valence-corrected chi connectivity index (χ0v) is 19.8. The molecule has 3 aromatic rings. The van der Waals surface area contributed by atoms with Gasteiger partial charge in [0.25, 0.3) is 0 Å². The Hall–Kier alpha value is -2.90. The third-order valence-corrected chi connectivity index (χ3v) is 5.30. The second-order valence-electron chi connectivity index (χ2n) is 7.70. The minimum atomic E-state index is -0.898. The van der Waals surface area contributed by atoms with Crippen LogP contribution in [0.4, 0.5) is 11.6 Å². The predicted molar refractivity (Wildman–Crippen MR) is 124 cm³/mol. The summed E-state index contributed by atoms with van der Waals surface area (Å²) < 4.78 is 8.92. The molecule has 3 heterocycles. The van der Waals surface area contributed by atoms with Crippen molar-refractivity contribution in [3.8, 4) is 0 Å². The van der Waals surface area contributed by atoms with Gasteiger partial charge in [0.2, 0.25) is 5.95 Å². The van der Waals surface area contributed by atoms with Crippen molar-refractivity contribution in [3.63, 3.8) is 0 Å². The predicted octanol–water partition coefficient (Wildman–Crippen LogP) is 5.13. The molecule has 0 aliphatic rings. The minimum absolute atomic E-state index is 0.327. The summed E-state index contributed by atoms with van der Waals surface area (Å²) in [6, 6.07) is 2.04. The highest BCUT2D eigenvalue weighted by Crippen LogP contribution is 2.22. The van der Waals surface area contributed by atoms with Gasteiger partial charge < -0.3 is 14.6 Å². The molecule has 0 atom stereocenters. The van der Waals surface area contributed by atoms with Gasteiger partial charge in [-0.1, -0.05) is 40.5 Å². The number of hydrogen-bond acceptors (Lipinski definition) is 6. The lowest BCUT2D eigenvalue weighted by molar-refractivity contribution is -0.152. The van der Waals surface area contributed by atoms with Crippen molar-refractivity contribution in [3.05, 3.63) is 30.9 Å². The van der Waals surface area contributed by atoms with Crippen LogP contribution in [0.1, 0.15) is 61.3 Å². The van der Waals surface area contributed by atoms with Gasteiger partial charge in [-0.15, -0.1) is 0 Å². The molecular weight excluding hydrogens is 392 g/mol. The van der Waals surface area contributed by atoms with E-state index < -0.39 is 5.54 Å². The molecule has 0 unspecified atom stereocenters. The van der Waals surface area contributed by atoms with Gasteiger partial charge in [-0.3, -0.25) is 4.68 Å². The molecule has 0 bridgehead atoms. The lowest BCUT2D eigenvalue weighted by Crippen LogP contribution is -2.37. The van der Waals surface area contributed by atoms with E-state index in [-0.39, 0.29) is 5.97 Å². The van der Waals surface area contributed by atoms with Crippen molar-refractivity contribution in [1.29, 1.82) is 0 Å². The Bertz CT molecular complexity index is 972. The Kier molecular flexibility index (Phi) is 8.59. The molecule has 0 saturated carbocycles. The van der Waals surface area contributed by atoms with Crippen LogP contribution in [0.25, 0.3) is 11.0 Å². The number of rotatable bonds is 9. The standard InChI is InChI=1S/C21H30N6O2.C2H6/c1-6-15(7-2)13-26-10-9-16-11-22-20(25-18(16)26)24-17-12-23-27(14-17)21(4,5)19(28)29-8-3;1-2/h9-12,14-15H,6-8,13H2,1-5H3,(H,22,24,25);1-2H3. The van der Waals surface area contributed by atoms with Gasteiger partial charge in [0.1, 0.15) is 5.65 Å². The van der Waals surface area contributed by atoms with Crippen LogP contribution >= 0.6 is 0 Å². The summed E-state index contributed by atoms with van der Waals surface area (Å²) in [4.78, 5) is 21.3. The second kappa shape index (κ2) is 10.9. The number of carbonyl (C=O) groups excluding carboxylic acids is 1. The smallest absolute Gasteiger partial charge is 0.333 e. The molecule has 0 saturated heterocycles. The van der Waals surface area contributed by atoms with Gasteiger partial charge in [0.15, 0.2) is 5.54 Å². The Labute approximate surface area is 185 Å². The van der Waals surface area contributed by atoms with Gasteiger partial charge in [-0.2, -0.15) is 10.1 Å². The average molecular weight is 429 g/mol. The molecule has 3 aromatic heterocycles. The molecule has 3 rings (SSSR count). The van der Waals surface area contributed by atoms with Crippen molar-refractivity contribution in [2.45, 2.75) is 73.4 Å². The molecule has 31 heavy (non-hydrogen) atoms. The first-order valence-electron chi connectivity index (χ1n) is 11.2. The number of carbonyl (C=O) groups is 1. The molecule has 0 spiro atoms. The number of fused-ring (bicyclic) bond motifs is 1. The van der Waals surface area contributed by atoms with Crippen LogP contribution in [0.15, 0.2) is 30.9 Å². The van der Waals surface area contributed by atoms with E-state index in [1.165, 1.54) is 0 Å². The highest BCUT2D eigenvalue weighted by Gasteiger charge is 2.32. The summed E-state index contributed by atoms with van der Waals surface area (Å²) in [5.41, 5.74) is 0.721. The molecule has 0 aliphatic carbocycles. The molecule has 0 amide bonds. The molecule has 0 aromatic carbocycles. The zero-order valence-electron chi connectivity index (χ0n) is 19.8. The second-order valence-corrected chi connectivity index (χ2v) is 7.70. The quantitative estimate of drug-likeness (QED) is 0.475. The number of esters is 1. The van der Waals surface area contributed by atoms with Gasteiger partial charge in [0.05, 0.1) is 18.5 Å². The Balaban J connectivity index is 0.00000166. The third kappa shape index (κ3) is 5.62. The molecular formula is C23H36N6O2. The van der Waals surface area contributed by atoms with E-state index in [2.05, 4.69) is 40.0 Å². The lowest BCUT2D eigenvalue weighted by Gasteiger charge is -2.22. The van der Waals surface area contributed by atoms with Crippen LogP contribution in [0.5, 0.6) is 0 Å². The Morgan fingerprint density at radius 2 is 1.90 bits per heavy atom. The van der Waals surface area contributed by atoms with Crippen molar-refractivity contribution >= 4 is 28.6 Å². The topological polar surface area (TPSA) is 86.9 Å². The van der Waals surface area contributed by atoms with E-state index in [1.54, 1.807) is 37.8 Å². The lowest BCUT2D eigenvalue weighted by atomic mass is 10.0. The maximum Gasteiger partial charge on any atom is 0.333 e. The average Bonchev–Trinajstić information content (AvgIpc) is 3.41. The van der Waals surface area contributed by atoms with Crippen LogP contribution in [-0.2, 0) is 21.6 Å². The maximum absolute atomic E-state index is 12.2. The minimum Gasteiger partial charge on any atom is -0.464 e. The molecule has 1 N–H and O–H groups in total. The molecule has 0 fully saturated rings. The van der Waals surface area contributed by atoms with Crippen LogP contribution in [-0.4, -0.2) is 36.9 Å². The number of nitrogens with one attached hydrogen (secondary N) is 1. The fraction of sp³-hybridized carbons (Fsp3) is 0.565. The van der Waals surface area contributed by atoms with Gasteiger partial charge in [-0.25, -0.2) is 9.78 Å². The highest BCUT2D eigenvalue weighted by atomic mass is 16.5. The monoisotopic (exact) mass is 428 g/mol. The Morgan fingerprint density at radius 3 is 2.55 bits per heavy atom. The summed E-state index contributed by atoms with van der Waals surface area (Å²) in [6.07, 6.45) is 9.58. The van der Waals surface area contributed by atoms with Crippen molar-refractivity contribution in [2.75, 3.05) is 11.9 Å². The van der Waals surface area contributed by atoms with Crippen LogP contribution in [0.2, 0.25) is 0 Å². The SMILES string of the molecule is CC.CCOC(=O)C(C)(C)n1cc(Nc2ncc3ccn(CC(CC)CC)c3n2)cn1. The summed E-state index contributed by atoms with van der Waals surface area (Å²) >= 11 is 0. The van der Waals surface area contributed by atoms with E-state index in [1.807, 2.05) is 26.1 Å². The highest BCUT2D eigenvalue weighted by molar-refractivity contribution is 5.78. The largest absolute Gasteiger partial charge is 0.464 e. The summed E-state index contributed by atoms with van der Waals surface area (Å²) in [5, 5.41) is 8.51. The summed E-state index contributed by atoms with van der Waals surface area (Å²) in [7, 11) is 0. The number of hydrogen-bond donors (Lipinski definition) is 1. The van der Waals surface area contributed by atoms with Crippen LogP contribution < -0.4 is 5.32 Å². The van der Waals surface area contributed by atoms with Gasteiger partial charge in [0, 0.05) is 30.5 Å². The molecule has 8 nitrogen and oxygen atoms in total. The first-order chi connectivity index (χ1) is 14.9. The van der Waals surface area contributed by atoms with Crippen molar-refractivity contribution < 1.29 is 9.53 Å². The first-order valence-corrected chi connectivity index (χ1v) is 11.2. The summed E-state index contributed by atoms with van der Waals surface area (Å²) in [6.45, 7) is 15.0. The van der Waals surface area contributed by atoms with Crippen molar-refractivity contribution in [2.24, 2.45) is 5.92 Å². The van der Waals surface area contributed by atoms with E-state index in [0.29, 0.717) is 24.2 Å². The van der Waals surface area contributed by atoms with Gasteiger partial charge in [-0.05, 0) is 32.8 Å². The van der Waals surface area contributed by atoms with Crippen LogP contribution in [0, 0.1) is 5.92 Å². The fourth-order valence-electron chi connectivity index (χ4n) is 3.23. The molecule has 0 aliphatic heterocycles. The van der Waals surface area contributed by atoms with Gasteiger partial charge >= 0.3 is 5.97 Å². The number of nitrogens with zero attached hydrogens (tertiary/aromatic N) is 5. The number of anilines is 2. The van der Waals surface area contributed by atoms with Crippen LogP contribution in [0.3, 0.4) is 0 Å². The van der Waals surface area contributed by atoms with E-state index in [0.717, 1.165) is 30.4 Å². The fourth-order valence-corrected chi connectivity index (χ4v) is 3.23. The Morgan fingerprint density at radius 1 is 1.19 bits per heavy atom. The molecule has 8 heteroatoms. The maximum atomic E-state index is 12.2. The molecule has 170 valence electrons. The van der Waals surface area contributed by atoms with E-state index >= 15 is 0 Å². The third-order valence-electron chi connectivity index (χ3n) is 5.30. The van der Waals surface area contributed by atoms with Crippen molar-refractivity contribution in [1.82, 2.24) is 24.3 Å². The molecule has 0 radical (unpaired) electrons. The van der Waals surface area contributed by atoms with E-state index in [9.17, 15) is 4.79 Å². The summed E-state index contributed by atoms with van der Waals surface area (Å²) in [5.74, 6) is 0.794. The first kappa shape index (κ1) is 24.4. The van der Waals surface area contributed by atoms with E-state index in [4.69, 9.17) is 9.72 Å². The number of aromatic nitrogens is 5. The zero-order chi connectivity index (χ0) is 23.0.